The highest BCUT2D eigenvalue weighted by Crippen LogP contribution is 2.19. The first-order chi connectivity index (χ1) is 10.3. The van der Waals surface area contributed by atoms with E-state index in [0.29, 0.717) is 6.54 Å². The Balaban J connectivity index is 1.74. The first-order valence-corrected chi connectivity index (χ1v) is 8.14. The van der Waals surface area contributed by atoms with Crippen molar-refractivity contribution in [2.75, 3.05) is 6.61 Å². The summed E-state index contributed by atoms with van der Waals surface area (Å²) in [6.45, 7) is 3.47. The van der Waals surface area contributed by atoms with Crippen LogP contribution in [-0.2, 0) is 6.54 Å². The molecule has 0 aliphatic rings. The van der Waals surface area contributed by atoms with Crippen LogP contribution in [0.4, 0.5) is 0 Å². The first-order valence-electron chi connectivity index (χ1n) is 8.14. The van der Waals surface area contributed by atoms with Gasteiger partial charge in [-0.05, 0) is 18.6 Å². The molecule has 2 aromatic rings. The molecular weight excluding hydrogens is 262 g/mol. The number of imidazole rings is 1. The lowest BCUT2D eigenvalue weighted by atomic mass is 10.1. The Bertz CT molecular complexity index is 536. The number of unbranched alkanes of at least 4 members (excludes halogenated alkanes) is 6. The quantitative estimate of drug-likeness (QED) is 0.674. The standard InChI is InChI=1S/C17H27N3O/c1-2-3-4-5-6-7-8-12-21-16-10-9-11-20-14-15(13-18)19-17(16)20/h9-11,14H,2-8,12-13,18H2,1H3. The molecule has 0 aromatic carbocycles. The highest BCUT2D eigenvalue weighted by atomic mass is 16.5. The zero-order chi connectivity index (χ0) is 14.9. The minimum absolute atomic E-state index is 0.457. The summed E-state index contributed by atoms with van der Waals surface area (Å²) in [6, 6.07) is 3.96. The van der Waals surface area contributed by atoms with Crippen molar-refractivity contribution in [2.24, 2.45) is 5.73 Å². The van der Waals surface area contributed by atoms with Gasteiger partial charge >= 0.3 is 0 Å². The third kappa shape index (κ3) is 4.74. The van der Waals surface area contributed by atoms with Gasteiger partial charge in [0.1, 0.15) is 0 Å². The fraction of sp³-hybridized carbons (Fsp3) is 0.588. The molecule has 4 nitrogen and oxygen atoms in total. The third-order valence-electron chi connectivity index (χ3n) is 3.71. The normalized spacial score (nSPS) is 11.1. The van der Waals surface area contributed by atoms with E-state index in [9.17, 15) is 0 Å². The van der Waals surface area contributed by atoms with Crippen LogP contribution in [0.2, 0.25) is 0 Å². The van der Waals surface area contributed by atoms with Gasteiger partial charge in [-0.25, -0.2) is 4.98 Å². The lowest BCUT2D eigenvalue weighted by molar-refractivity contribution is 0.306. The minimum atomic E-state index is 0.457. The van der Waals surface area contributed by atoms with E-state index in [1.807, 2.05) is 28.9 Å². The molecule has 0 amide bonds. The number of hydrogen-bond acceptors (Lipinski definition) is 3. The maximum absolute atomic E-state index is 5.88. The van der Waals surface area contributed by atoms with E-state index in [2.05, 4.69) is 11.9 Å². The Morgan fingerprint density at radius 1 is 1.14 bits per heavy atom. The second-order valence-electron chi connectivity index (χ2n) is 5.51. The topological polar surface area (TPSA) is 52.5 Å². The number of nitrogens with two attached hydrogens (primary N) is 1. The third-order valence-corrected chi connectivity index (χ3v) is 3.71. The monoisotopic (exact) mass is 289 g/mol. The number of rotatable bonds is 10. The van der Waals surface area contributed by atoms with Gasteiger partial charge in [-0.2, -0.15) is 0 Å². The second kappa shape index (κ2) is 8.67. The van der Waals surface area contributed by atoms with Crippen LogP contribution in [0.3, 0.4) is 0 Å². The fourth-order valence-corrected chi connectivity index (χ4v) is 2.49. The SMILES string of the molecule is CCCCCCCCCOc1cccn2cc(CN)nc12. The Labute approximate surface area is 127 Å². The van der Waals surface area contributed by atoms with Gasteiger partial charge in [-0.15, -0.1) is 0 Å². The lowest BCUT2D eigenvalue weighted by Crippen LogP contribution is -1.99. The summed E-state index contributed by atoms with van der Waals surface area (Å²) < 4.78 is 7.86. The zero-order valence-corrected chi connectivity index (χ0v) is 13.1. The molecule has 116 valence electrons. The van der Waals surface area contributed by atoms with E-state index in [0.717, 1.165) is 30.1 Å². The van der Waals surface area contributed by atoms with Crippen LogP contribution in [-0.4, -0.2) is 16.0 Å². The number of hydrogen-bond donors (Lipinski definition) is 1. The highest BCUT2D eigenvalue weighted by Gasteiger charge is 2.06. The van der Waals surface area contributed by atoms with Crippen molar-refractivity contribution < 1.29 is 4.74 Å². The van der Waals surface area contributed by atoms with Gasteiger partial charge in [0.25, 0.3) is 0 Å². The molecule has 2 N–H and O–H groups in total. The Morgan fingerprint density at radius 3 is 2.67 bits per heavy atom. The van der Waals surface area contributed by atoms with Gasteiger partial charge in [-0.1, -0.05) is 45.4 Å². The summed E-state index contributed by atoms with van der Waals surface area (Å²) in [5.41, 5.74) is 7.39. The summed E-state index contributed by atoms with van der Waals surface area (Å²) >= 11 is 0. The summed E-state index contributed by atoms with van der Waals surface area (Å²) in [6.07, 6.45) is 13.0. The predicted octanol–water partition coefficient (Wildman–Crippen LogP) is 3.92. The van der Waals surface area contributed by atoms with Gasteiger partial charge in [0.15, 0.2) is 11.4 Å². The average molecular weight is 289 g/mol. The van der Waals surface area contributed by atoms with Crippen molar-refractivity contribution in [1.29, 1.82) is 0 Å². The largest absolute Gasteiger partial charge is 0.490 e. The van der Waals surface area contributed by atoms with E-state index in [1.165, 1.54) is 38.5 Å². The van der Waals surface area contributed by atoms with Crippen LogP contribution in [0.15, 0.2) is 24.5 Å². The van der Waals surface area contributed by atoms with Gasteiger partial charge < -0.3 is 14.9 Å². The van der Waals surface area contributed by atoms with Crippen molar-refractivity contribution in [3.05, 3.63) is 30.2 Å². The van der Waals surface area contributed by atoms with Crippen LogP contribution >= 0.6 is 0 Å². The summed E-state index contributed by atoms with van der Waals surface area (Å²) in [5.74, 6) is 0.850. The molecular formula is C17H27N3O. The van der Waals surface area contributed by atoms with E-state index < -0.39 is 0 Å². The maximum atomic E-state index is 5.88. The molecule has 2 rings (SSSR count). The van der Waals surface area contributed by atoms with Crippen molar-refractivity contribution in [2.45, 2.75) is 58.4 Å². The minimum Gasteiger partial charge on any atom is -0.490 e. The van der Waals surface area contributed by atoms with E-state index in [4.69, 9.17) is 10.5 Å². The van der Waals surface area contributed by atoms with E-state index in [1.54, 1.807) is 0 Å². The number of nitrogens with zero attached hydrogens (tertiary/aromatic N) is 2. The van der Waals surface area contributed by atoms with Gasteiger partial charge in [0.05, 0.1) is 12.3 Å². The smallest absolute Gasteiger partial charge is 0.179 e. The number of pyridine rings is 1. The molecule has 4 heteroatoms. The molecule has 0 radical (unpaired) electrons. The summed E-state index contributed by atoms with van der Waals surface area (Å²) in [5, 5.41) is 0. The van der Waals surface area contributed by atoms with Crippen molar-refractivity contribution >= 4 is 5.65 Å². The van der Waals surface area contributed by atoms with Crippen LogP contribution in [0.5, 0.6) is 5.75 Å². The summed E-state index contributed by atoms with van der Waals surface area (Å²) in [7, 11) is 0. The average Bonchev–Trinajstić information content (AvgIpc) is 2.94. The molecule has 0 spiro atoms. The number of ether oxygens (including phenoxy) is 1. The van der Waals surface area contributed by atoms with Crippen LogP contribution < -0.4 is 10.5 Å². The lowest BCUT2D eigenvalue weighted by Gasteiger charge is -2.07. The van der Waals surface area contributed by atoms with Gasteiger partial charge in [0, 0.05) is 18.9 Å². The second-order valence-corrected chi connectivity index (χ2v) is 5.51. The molecule has 2 aromatic heterocycles. The Kier molecular flexibility index (Phi) is 6.54. The van der Waals surface area contributed by atoms with Crippen molar-refractivity contribution in [3.8, 4) is 5.75 Å². The molecule has 0 saturated carbocycles. The van der Waals surface area contributed by atoms with Crippen LogP contribution in [0, 0.1) is 0 Å². The van der Waals surface area contributed by atoms with Crippen molar-refractivity contribution in [1.82, 2.24) is 9.38 Å². The maximum Gasteiger partial charge on any atom is 0.179 e. The molecule has 0 unspecified atom stereocenters. The molecule has 0 saturated heterocycles. The van der Waals surface area contributed by atoms with Gasteiger partial charge in [-0.3, -0.25) is 0 Å². The number of aromatic nitrogens is 2. The molecule has 0 aliphatic heterocycles. The van der Waals surface area contributed by atoms with Crippen LogP contribution in [0.25, 0.3) is 5.65 Å². The molecule has 0 atom stereocenters. The van der Waals surface area contributed by atoms with E-state index in [-0.39, 0.29) is 0 Å². The predicted molar refractivity (Wildman–Crippen MR) is 86.6 cm³/mol. The van der Waals surface area contributed by atoms with Crippen LogP contribution in [0.1, 0.15) is 57.6 Å². The Morgan fingerprint density at radius 2 is 1.90 bits per heavy atom. The van der Waals surface area contributed by atoms with Gasteiger partial charge in [0.2, 0.25) is 0 Å². The Hall–Kier alpha value is -1.55. The molecule has 0 bridgehead atoms. The fourth-order valence-electron chi connectivity index (χ4n) is 2.49. The molecule has 21 heavy (non-hydrogen) atoms. The zero-order valence-electron chi connectivity index (χ0n) is 13.1. The molecule has 2 heterocycles. The number of fused-ring (bicyclic) bond motifs is 1. The molecule has 0 aliphatic carbocycles. The summed E-state index contributed by atoms with van der Waals surface area (Å²) in [4.78, 5) is 4.49. The molecule has 0 fully saturated rings. The van der Waals surface area contributed by atoms with Crippen molar-refractivity contribution in [3.63, 3.8) is 0 Å². The first kappa shape index (κ1) is 15.8. The highest BCUT2D eigenvalue weighted by molar-refractivity contribution is 5.54. The van der Waals surface area contributed by atoms with E-state index >= 15 is 0 Å².